The van der Waals surface area contributed by atoms with Crippen molar-refractivity contribution in [1.29, 1.82) is 0 Å². The molecule has 3 aromatic heterocycles. The molecule has 32 heavy (non-hydrogen) atoms. The zero-order chi connectivity index (χ0) is 21.9. The number of imidazole rings is 1. The van der Waals surface area contributed by atoms with Crippen molar-refractivity contribution >= 4 is 11.6 Å². The van der Waals surface area contributed by atoms with Gasteiger partial charge in [-0.05, 0) is 36.9 Å². The first kappa shape index (κ1) is 20.4. The molecular formula is C23H28N8O. The standard InChI is InChI=1S/C23H28N8O/c1-16(2)19-14-27-31-21(19)28-23(32-18-7-5-9-24-13-18)29-22(31)26-12-17-6-3-4-8-20(17)30-11-10-25-15-30/h3-4,6,8,10-11,14-16,18,24H,5,7,9,12-13H2,1-2H3,(H,26,28,29). The highest BCUT2D eigenvalue weighted by Gasteiger charge is 2.20. The Bertz CT molecular complexity index is 1180. The van der Waals surface area contributed by atoms with Crippen molar-refractivity contribution in [3.05, 3.63) is 60.3 Å². The minimum atomic E-state index is 0.0754. The summed E-state index contributed by atoms with van der Waals surface area (Å²) in [6, 6.07) is 8.61. The number of hydrogen-bond acceptors (Lipinski definition) is 7. The van der Waals surface area contributed by atoms with Crippen molar-refractivity contribution in [2.45, 2.75) is 45.3 Å². The Hall–Kier alpha value is -3.46. The zero-order valence-electron chi connectivity index (χ0n) is 18.4. The topological polar surface area (TPSA) is 94.2 Å². The summed E-state index contributed by atoms with van der Waals surface area (Å²) in [5.41, 5.74) is 4.03. The van der Waals surface area contributed by atoms with Crippen LogP contribution in [0, 0.1) is 0 Å². The van der Waals surface area contributed by atoms with Crippen molar-refractivity contribution in [2.75, 3.05) is 18.4 Å². The molecule has 1 saturated heterocycles. The molecule has 0 aliphatic carbocycles. The van der Waals surface area contributed by atoms with Gasteiger partial charge in [-0.25, -0.2) is 4.98 Å². The summed E-state index contributed by atoms with van der Waals surface area (Å²) in [6.07, 6.45) is 9.55. The van der Waals surface area contributed by atoms with Crippen LogP contribution in [-0.4, -0.2) is 48.3 Å². The quantitative estimate of drug-likeness (QED) is 0.463. The number of nitrogens with zero attached hydrogens (tertiary/aromatic N) is 6. The summed E-state index contributed by atoms with van der Waals surface area (Å²) in [5, 5.41) is 11.4. The largest absolute Gasteiger partial charge is 0.459 e. The molecule has 0 spiro atoms. The van der Waals surface area contributed by atoms with E-state index >= 15 is 0 Å². The number of ether oxygens (including phenoxy) is 1. The van der Waals surface area contributed by atoms with Gasteiger partial charge >= 0.3 is 6.01 Å². The van der Waals surface area contributed by atoms with Crippen LogP contribution in [0.3, 0.4) is 0 Å². The van der Waals surface area contributed by atoms with Gasteiger partial charge in [0.05, 0.1) is 18.2 Å². The first-order valence-electron chi connectivity index (χ1n) is 11.1. The highest BCUT2D eigenvalue weighted by molar-refractivity contribution is 5.53. The summed E-state index contributed by atoms with van der Waals surface area (Å²) >= 11 is 0. The van der Waals surface area contributed by atoms with Gasteiger partial charge in [-0.2, -0.15) is 19.6 Å². The average molecular weight is 433 g/mol. The second kappa shape index (κ2) is 8.96. The van der Waals surface area contributed by atoms with E-state index in [0.717, 1.165) is 48.4 Å². The third-order valence-electron chi connectivity index (χ3n) is 5.73. The third kappa shape index (κ3) is 4.16. The Labute approximate surface area is 186 Å². The van der Waals surface area contributed by atoms with Gasteiger partial charge in [0.2, 0.25) is 5.95 Å². The van der Waals surface area contributed by atoms with Gasteiger partial charge < -0.3 is 19.9 Å². The van der Waals surface area contributed by atoms with E-state index in [1.54, 1.807) is 17.0 Å². The molecule has 9 heteroatoms. The number of aromatic nitrogens is 6. The number of anilines is 1. The van der Waals surface area contributed by atoms with Crippen molar-refractivity contribution in [3.63, 3.8) is 0 Å². The summed E-state index contributed by atoms with van der Waals surface area (Å²) in [6.45, 7) is 6.69. The third-order valence-corrected chi connectivity index (χ3v) is 5.73. The molecule has 1 aromatic carbocycles. The number of piperidine rings is 1. The van der Waals surface area contributed by atoms with E-state index in [1.165, 1.54) is 0 Å². The highest BCUT2D eigenvalue weighted by atomic mass is 16.5. The van der Waals surface area contributed by atoms with Gasteiger partial charge in [0.25, 0.3) is 0 Å². The van der Waals surface area contributed by atoms with Crippen LogP contribution in [0.15, 0.2) is 49.2 Å². The average Bonchev–Trinajstić information content (AvgIpc) is 3.49. The van der Waals surface area contributed by atoms with Crippen LogP contribution in [0.5, 0.6) is 6.01 Å². The highest BCUT2D eigenvalue weighted by Crippen LogP contribution is 2.24. The fourth-order valence-corrected chi connectivity index (χ4v) is 4.01. The SMILES string of the molecule is CC(C)c1cnn2c(NCc3ccccc3-n3ccnc3)nc(OC3CCCNC3)nc12. The minimum absolute atomic E-state index is 0.0754. The van der Waals surface area contributed by atoms with E-state index < -0.39 is 0 Å². The van der Waals surface area contributed by atoms with Crippen molar-refractivity contribution < 1.29 is 4.74 Å². The van der Waals surface area contributed by atoms with Crippen molar-refractivity contribution in [2.24, 2.45) is 0 Å². The number of hydrogen-bond donors (Lipinski definition) is 2. The maximum atomic E-state index is 6.16. The molecule has 1 fully saturated rings. The van der Waals surface area contributed by atoms with E-state index in [4.69, 9.17) is 9.72 Å². The predicted octanol–water partition coefficient (Wildman–Crippen LogP) is 3.18. The lowest BCUT2D eigenvalue weighted by Crippen LogP contribution is -2.37. The Morgan fingerprint density at radius 3 is 2.94 bits per heavy atom. The molecule has 1 atom stereocenters. The fraction of sp³-hybridized carbons (Fsp3) is 0.391. The molecule has 0 saturated carbocycles. The summed E-state index contributed by atoms with van der Waals surface area (Å²) in [5.74, 6) is 0.905. The van der Waals surface area contributed by atoms with Crippen molar-refractivity contribution in [3.8, 4) is 11.7 Å². The Balaban J connectivity index is 1.46. The monoisotopic (exact) mass is 432 g/mol. The molecule has 9 nitrogen and oxygen atoms in total. The van der Waals surface area contributed by atoms with Gasteiger partial charge in [0.15, 0.2) is 5.65 Å². The zero-order valence-corrected chi connectivity index (χ0v) is 18.4. The molecular weight excluding hydrogens is 404 g/mol. The predicted molar refractivity (Wildman–Crippen MR) is 122 cm³/mol. The van der Waals surface area contributed by atoms with Crippen LogP contribution in [0.2, 0.25) is 0 Å². The normalized spacial score (nSPS) is 16.5. The molecule has 0 bridgehead atoms. The molecule has 5 rings (SSSR count). The molecule has 0 radical (unpaired) electrons. The minimum Gasteiger partial charge on any atom is -0.459 e. The lowest BCUT2D eigenvalue weighted by Gasteiger charge is -2.23. The van der Waals surface area contributed by atoms with E-state index in [0.29, 0.717) is 24.4 Å². The molecule has 1 unspecified atom stereocenters. The second-order valence-corrected chi connectivity index (χ2v) is 8.36. The molecule has 4 aromatic rings. The summed E-state index contributed by atoms with van der Waals surface area (Å²) < 4.78 is 9.93. The lowest BCUT2D eigenvalue weighted by atomic mass is 10.1. The Kier molecular flexibility index (Phi) is 5.72. The summed E-state index contributed by atoms with van der Waals surface area (Å²) in [7, 11) is 0. The maximum Gasteiger partial charge on any atom is 0.322 e. The smallest absolute Gasteiger partial charge is 0.322 e. The molecule has 1 aliphatic heterocycles. The van der Waals surface area contributed by atoms with E-state index in [-0.39, 0.29) is 6.10 Å². The number of rotatable bonds is 7. The van der Waals surface area contributed by atoms with E-state index in [9.17, 15) is 0 Å². The molecule has 166 valence electrons. The number of benzene rings is 1. The maximum absolute atomic E-state index is 6.16. The molecule has 4 heterocycles. The molecule has 1 aliphatic rings. The van der Waals surface area contributed by atoms with Gasteiger partial charge in [-0.1, -0.05) is 32.0 Å². The lowest BCUT2D eigenvalue weighted by molar-refractivity contribution is 0.153. The van der Waals surface area contributed by atoms with Gasteiger partial charge in [-0.3, -0.25) is 0 Å². The van der Waals surface area contributed by atoms with E-state index in [2.05, 4.69) is 51.7 Å². The van der Waals surface area contributed by atoms with Crippen LogP contribution in [-0.2, 0) is 6.54 Å². The second-order valence-electron chi connectivity index (χ2n) is 8.36. The Morgan fingerprint density at radius 1 is 1.25 bits per heavy atom. The van der Waals surface area contributed by atoms with Crippen LogP contribution in [0.1, 0.15) is 43.7 Å². The van der Waals surface area contributed by atoms with Gasteiger partial charge in [0.1, 0.15) is 6.10 Å². The van der Waals surface area contributed by atoms with Crippen LogP contribution in [0.25, 0.3) is 11.3 Å². The molecule has 0 amide bonds. The van der Waals surface area contributed by atoms with Crippen LogP contribution >= 0.6 is 0 Å². The fourth-order valence-electron chi connectivity index (χ4n) is 4.01. The Morgan fingerprint density at radius 2 is 2.16 bits per heavy atom. The van der Waals surface area contributed by atoms with Crippen molar-refractivity contribution in [1.82, 2.24) is 34.4 Å². The van der Waals surface area contributed by atoms with Gasteiger partial charge in [0, 0.05) is 31.0 Å². The number of nitrogens with one attached hydrogen (secondary N) is 2. The number of fused-ring (bicyclic) bond motifs is 1. The van der Waals surface area contributed by atoms with Crippen LogP contribution < -0.4 is 15.4 Å². The first-order valence-corrected chi connectivity index (χ1v) is 11.1. The summed E-state index contributed by atoms with van der Waals surface area (Å²) in [4.78, 5) is 13.6. The first-order chi connectivity index (χ1) is 15.7. The van der Waals surface area contributed by atoms with Crippen LogP contribution in [0.4, 0.5) is 5.95 Å². The van der Waals surface area contributed by atoms with Gasteiger partial charge in [-0.15, -0.1) is 0 Å². The molecule has 2 N–H and O–H groups in total. The number of para-hydroxylation sites is 1. The van der Waals surface area contributed by atoms with E-state index in [1.807, 2.05) is 29.1 Å².